The van der Waals surface area contributed by atoms with Crippen molar-refractivity contribution >= 4 is 0 Å². The van der Waals surface area contributed by atoms with E-state index in [1.807, 2.05) is 6.08 Å². The van der Waals surface area contributed by atoms with Crippen molar-refractivity contribution in [2.75, 3.05) is 0 Å². The summed E-state index contributed by atoms with van der Waals surface area (Å²) >= 11 is 0. The molecule has 0 nitrogen and oxygen atoms in total. The summed E-state index contributed by atoms with van der Waals surface area (Å²) in [6.45, 7) is 4.31. The van der Waals surface area contributed by atoms with E-state index in [2.05, 4.69) is 31.7 Å². The minimum absolute atomic E-state index is 0.597. The van der Waals surface area contributed by atoms with Gasteiger partial charge in [-0.3, -0.25) is 0 Å². The van der Waals surface area contributed by atoms with Gasteiger partial charge in [0.2, 0.25) is 0 Å². The van der Waals surface area contributed by atoms with Gasteiger partial charge in [0.05, 0.1) is 0 Å². The zero-order valence-corrected chi connectivity index (χ0v) is 5.31. The number of hydrogen-bond donors (Lipinski definition) is 0. The van der Waals surface area contributed by atoms with Crippen LogP contribution in [0, 0.1) is 5.92 Å². The molecule has 0 radical (unpaired) electrons. The summed E-state index contributed by atoms with van der Waals surface area (Å²) in [5.41, 5.74) is 4.46. The molecule has 42 valence electrons. The molecular formula is C8H10. The van der Waals surface area contributed by atoms with E-state index in [-0.39, 0.29) is 0 Å². The Labute approximate surface area is 50.2 Å². The van der Waals surface area contributed by atoms with Crippen LogP contribution in [0.1, 0.15) is 13.8 Å². The molecule has 0 bridgehead atoms. The standard InChI is InChI=1S/C8H10/c1-7-5-3-4-6-8(7)2/h3,5-6,8H,1-2H3/t8-/m1/s1. The van der Waals surface area contributed by atoms with Crippen molar-refractivity contribution in [2.24, 2.45) is 5.92 Å². The molecule has 0 aromatic heterocycles. The maximum Gasteiger partial charge on any atom is 0.00249 e. The maximum atomic E-state index is 3.04. The predicted molar refractivity (Wildman–Crippen MR) is 35.6 cm³/mol. The quantitative estimate of drug-likeness (QED) is 0.416. The van der Waals surface area contributed by atoms with E-state index in [1.165, 1.54) is 5.57 Å². The van der Waals surface area contributed by atoms with Gasteiger partial charge in [-0.1, -0.05) is 18.6 Å². The first kappa shape index (κ1) is 5.40. The molecule has 0 fully saturated rings. The Balaban J connectivity index is 2.86. The molecule has 1 aliphatic carbocycles. The summed E-state index contributed by atoms with van der Waals surface area (Å²) in [6.07, 6.45) is 6.13. The van der Waals surface area contributed by atoms with E-state index in [0.717, 1.165) is 0 Å². The van der Waals surface area contributed by atoms with Crippen LogP contribution in [0.15, 0.2) is 29.5 Å². The summed E-state index contributed by atoms with van der Waals surface area (Å²) in [6, 6.07) is 0. The van der Waals surface area contributed by atoms with Gasteiger partial charge >= 0.3 is 0 Å². The van der Waals surface area contributed by atoms with Gasteiger partial charge in [0, 0.05) is 5.92 Å². The highest BCUT2D eigenvalue weighted by molar-refractivity contribution is 5.20. The normalized spacial score (nSPS) is 25.8. The van der Waals surface area contributed by atoms with Crippen molar-refractivity contribution in [3.63, 3.8) is 0 Å². The third-order valence-electron chi connectivity index (χ3n) is 1.51. The summed E-state index contributed by atoms with van der Waals surface area (Å²) in [7, 11) is 0. The van der Waals surface area contributed by atoms with Crippen LogP contribution in [-0.4, -0.2) is 0 Å². The molecule has 0 saturated carbocycles. The maximum absolute atomic E-state index is 3.04. The predicted octanol–water partition coefficient (Wildman–Crippen LogP) is 2.29. The second-order valence-electron chi connectivity index (χ2n) is 2.20. The first-order valence-corrected chi connectivity index (χ1v) is 2.90. The molecule has 1 atom stereocenters. The fraction of sp³-hybridized carbons (Fsp3) is 0.375. The number of rotatable bonds is 0. The summed E-state index contributed by atoms with van der Waals surface area (Å²) in [4.78, 5) is 0. The highest BCUT2D eigenvalue weighted by Gasteiger charge is 1.98. The van der Waals surface area contributed by atoms with Crippen molar-refractivity contribution in [2.45, 2.75) is 13.8 Å². The molecule has 0 unspecified atom stereocenters. The van der Waals surface area contributed by atoms with Crippen LogP contribution in [0.4, 0.5) is 0 Å². The Morgan fingerprint density at radius 2 is 2.38 bits per heavy atom. The third-order valence-corrected chi connectivity index (χ3v) is 1.51. The molecule has 0 N–H and O–H groups in total. The minimum Gasteiger partial charge on any atom is -0.125 e. The van der Waals surface area contributed by atoms with Gasteiger partial charge in [-0.15, -0.1) is 5.73 Å². The summed E-state index contributed by atoms with van der Waals surface area (Å²) < 4.78 is 0. The van der Waals surface area contributed by atoms with Crippen LogP contribution in [0.25, 0.3) is 0 Å². The van der Waals surface area contributed by atoms with Gasteiger partial charge in [0.15, 0.2) is 0 Å². The lowest BCUT2D eigenvalue weighted by Gasteiger charge is -2.05. The van der Waals surface area contributed by atoms with Crippen molar-refractivity contribution < 1.29 is 0 Å². The molecule has 1 aliphatic rings. The van der Waals surface area contributed by atoms with Crippen molar-refractivity contribution in [1.29, 1.82) is 0 Å². The van der Waals surface area contributed by atoms with Gasteiger partial charge in [-0.25, -0.2) is 0 Å². The average molecular weight is 106 g/mol. The molecule has 0 aromatic carbocycles. The van der Waals surface area contributed by atoms with Crippen molar-refractivity contribution in [3.05, 3.63) is 29.5 Å². The first-order chi connectivity index (χ1) is 3.80. The van der Waals surface area contributed by atoms with Crippen molar-refractivity contribution in [3.8, 4) is 0 Å². The van der Waals surface area contributed by atoms with Crippen LogP contribution in [0.5, 0.6) is 0 Å². The number of hydrogen-bond acceptors (Lipinski definition) is 0. The molecule has 0 aromatic rings. The van der Waals surface area contributed by atoms with E-state index in [4.69, 9.17) is 0 Å². The van der Waals surface area contributed by atoms with E-state index in [1.54, 1.807) is 0 Å². The fourth-order valence-electron chi connectivity index (χ4n) is 0.663. The topological polar surface area (TPSA) is 0 Å². The van der Waals surface area contributed by atoms with Crippen LogP contribution < -0.4 is 0 Å². The van der Waals surface area contributed by atoms with E-state index in [0.29, 0.717) is 5.92 Å². The monoisotopic (exact) mass is 106 g/mol. The van der Waals surface area contributed by atoms with Gasteiger partial charge in [0.1, 0.15) is 0 Å². The van der Waals surface area contributed by atoms with Gasteiger partial charge in [-0.2, -0.15) is 0 Å². The minimum atomic E-state index is 0.597. The van der Waals surface area contributed by atoms with Crippen molar-refractivity contribution in [1.82, 2.24) is 0 Å². The second-order valence-corrected chi connectivity index (χ2v) is 2.20. The lowest BCUT2D eigenvalue weighted by Crippen LogP contribution is -1.91. The van der Waals surface area contributed by atoms with E-state index >= 15 is 0 Å². The lowest BCUT2D eigenvalue weighted by molar-refractivity contribution is 0.859. The summed E-state index contributed by atoms with van der Waals surface area (Å²) in [5.74, 6) is 0.597. The van der Waals surface area contributed by atoms with E-state index < -0.39 is 0 Å². The van der Waals surface area contributed by atoms with Crippen LogP contribution in [0.3, 0.4) is 0 Å². The highest BCUT2D eigenvalue weighted by atomic mass is 14.0. The fourth-order valence-corrected chi connectivity index (χ4v) is 0.663. The van der Waals surface area contributed by atoms with Crippen LogP contribution in [0.2, 0.25) is 0 Å². The van der Waals surface area contributed by atoms with Gasteiger partial charge < -0.3 is 0 Å². The smallest absolute Gasteiger partial charge is 0.00249 e. The third kappa shape index (κ3) is 0.907. The molecule has 0 spiro atoms. The Morgan fingerprint density at radius 3 is 2.75 bits per heavy atom. The molecule has 8 heavy (non-hydrogen) atoms. The SMILES string of the molecule is CC1=CC=C=C[C@H]1C. The lowest BCUT2D eigenvalue weighted by atomic mass is 10.0. The molecule has 1 rings (SSSR count). The summed E-state index contributed by atoms with van der Waals surface area (Å²) in [5, 5.41) is 0. The zero-order chi connectivity index (χ0) is 5.98. The molecule has 0 heterocycles. The Hall–Kier alpha value is -0.740. The molecule has 0 saturated heterocycles. The average Bonchev–Trinajstić information content (AvgIpc) is 1.77. The second kappa shape index (κ2) is 2.02. The Morgan fingerprint density at radius 1 is 1.62 bits per heavy atom. The molecule has 0 aliphatic heterocycles. The van der Waals surface area contributed by atoms with Gasteiger partial charge in [-0.05, 0) is 19.1 Å². The Bertz CT molecular complexity index is 166. The Kier molecular flexibility index (Phi) is 1.36. The van der Waals surface area contributed by atoms with Gasteiger partial charge in [0.25, 0.3) is 0 Å². The first-order valence-electron chi connectivity index (χ1n) is 2.90. The molecule has 0 amide bonds. The molecular weight excluding hydrogens is 96.1 g/mol. The largest absolute Gasteiger partial charge is 0.125 e. The zero-order valence-electron chi connectivity index (χ0n) is 5.31. The van der Waals surface area contributed by atoms with Crippen LogP contribution in [-0.2, 0) is 0 Å². The van der Waals surface area contributed by atoms with E-state index in [9.17, 15) is 0 Å². The van der Waals surface area contributed by atoms with Crippen LogP contribution >= 0.6 is 0 Å². The molecule has 0 heteroatoms. The number of allylic oxidation sites excluding steroid dienone is 3. The highest BCUT2D eigenvalue weighted by Crippen LogP contribution is 2.12.